The zero-order valence-corrected chi connectivity index (χ0v) is 45.7. The van der Waals surface area contributed by atoms with Gasteiger partial charge < -0.3 is 9.47 Å². The number of ether oxygens (including phenoxy) is 2. The molecule has 386 valence electrons. The van der Waals surface area contributed by atoms with Gasteiger partial charge in [0.25, 0.3) is 0 Å². The number of hydrogen-bond acceptors (Lipinski definition) is 2. The Hall–Kier alpha value is -4.56. The van der Waals surface area contributed by atoms with Crippen molar-refractivity contribution in [1.29, 1.82) is 0 Å². The second kappa shape index (κ2) is 28.8. The summed E-state index contributed by atoms with van der Waals surface area (Å²) in [5.41, 5.74) is 10.5. The fourth-order valence-corrected chi connectivity index (χ4v) is 12.7. The van der Waals surface area contributed by atoms with Gasteiger partial charge >= 0.3 is 0 Å². The number of benzene rings is 6. The second-order valence-electron chi connectivity index (χ2n) is 22.7. The summed E-state index contributed by atoms with van der Waals surface area (Å²) in [5.74, 6) is 5.19. The first kappa shape index (κ1) is 53.7. The number of unbranched alkanes of at least 4 members (excludes halogenated alkanes) is 14. The van der Waals surface area contributed by atoms with Gasteiger partial charge in [0.15, 0.2) is 0 Å². The van der Waals surface area contributed by atoms with Gasteiger partial charge in [-0.3, -0.25) is 0 Å². The monoisotopic (exact) mass is 967 g/mol. The third kappa shape index (κ3) is 14.8. The van der Waals surface area contributed by atoms with Gasteiger partial charge in [-0.2, -0.15) is 0 Å². The van der Waals surface area contributed by atoms with Gasteiger partial charge in [-0.05, 0) is 167 Å². The topological polar surface area (TPSA) is 18.5 Å². The van der Waals surface area contributed by atoms with Crippen molar-refractivity contribution in [3.05, 3.63) is 120 Å². The summed E-state index contributed by atoms with van der Waals surface area (Å²) in [6.07, 6.45) is 36.9. The zero-order valence-electron chi connectivity index (χ0n) is 45.7. The normalized spacial score (nSPS) is 18.2. The molecule has 0 unspecified atom stereocenters. The standard InChI is InChI=1S/C70H94O2/c1-5-9-13-15-17-21-49-71-67-47-43-63-51-61(59-37-33-57(34-38-59)55-29-25-53(26-30-55)23-19-11-7-3)41-45-65(63)69(67)70-66-46-42-62(52-64(66)44-48-68(70)72-50-22-18-16-14-10-6-2)60-39-35-58(36-40-60)56-31-27-54(28-32-56)24-20-12-8-4/h33-48,51-56H,5-32,49-50H2,1-4H3. The Labute approximate surface area is 438 Å². The molecule has 2 fully saturated rings. The molecule has 6 aromatic carbocycles. The highest BCUT2D eigenvalue weighted by Gasteiger charge is 2.25. The molecule has 0 heterocycles. The fourth-order valence-electron chi connectivity index (χ4n) is 12.7. The first-order valence-corrected chi connectivity index (χ1v) is 30.2. The quantitative estimate of drug-likeness (QED) is 0.0436. The highest BCUT2D eigenvalue weighted by Crippen LogP contribution is 2.48. The summed E-state index contributed by atoms with van der Waals surface area (Å²) < 4.78 is 13.9. The molecule has 0 saturated heterocycles. The minimum absolute atomic E-state index is 0.699. The Kier molecular flexibility index (Phi) is 21.5. The summed E-state index contributed by atoms with van der Waals surface area (Å²) in [5, 5.41) is 4.91. The Balaban J connectivity index is 1.09. The van der Waals surface area contributed by atoms with E-state index < -0.39 is 0 Å². The molecule has 0 aliphatic heterocycles. The predicted octanol–water partition coefficient (Wildman–Crippen LogP) is 22.2. The third-order valence-corrected chi connectivity index (χ3v) is 17.3. The molecule has 0 radical (unpaired) electrons. The molecular weight excluding hydrogens is 873 g/mol. The molecule has 2 saturated carbocycles. The molecule has 2 aliphatic rings. The first-order valence-electron chi connectivity index (χ1n) is 30.2. The largest absolute Gasteiger partial charge is 0.493 e. The van der Waals surface area contributed by atoms with Crippen LogP contribution < -0.4 is 9.47 Å². The van der Waals surface area contributed by atoms with E-state index in [1.165, 1.54) is 222 Å². The van der Waals surface area contributed by atoms with Crippen LogP contribution in [0.2, 0.25) is 0 Å². The van der Waals surface area contributed by atoms with E-state index in [4.69, 9.17) is 9.47 Å². The van der Waals surface area contributed by atoms with Crippen molar-refractivity contribution >= 4 is 21.5 Å². The zero-order chi connectivity index (χ0) is 49.7. The molecule has 0 spiro atoms. The van der Waals surface area contributed by atoms with Crippen LogP contribution in [0.1, 0.15) is 230 Å². The molecule has 0 N–H and O–H groups in total. The van der Waals surface area contributed by atoms with E-state index in [0.717, 1.165) is 60.5 Å². The van der Waals surface area contributed by atoms with E-state index in [2.05, 4.69) is 137 Å². The maximum Gasteiger partial charge on any atom is 0.127 e. The molecule has 2 aliphatic carbocycles. The Morgan fingerprint density at radius 2 is 0.681 bits per heavy atom. The average molecular weight is 968 g/mol. The molecule has 2 nitrogen and oxygen atoms in total. The van der Waals surface area contributed by atoms with Crippen LogP contribution in [0.3, 0.4) is 0 Å². The van der Waals surface area contributed by atoms with Gasteiger partial charge in [-0.15, -0.1) is 0 Å². The van der Waals surface area contributed by atoms with E-state index >= 15 is 0 Å². The summed E-state index contributed by atoms with van der Waals surface area (Å²) in [6, 6.07) is 42.6. The summed E-state index contributed by atoms with van der Waals surface area (Å²) in [6.45, 7) is 10.7. The Morgan fingerprint density at radius 1 is 0.333 bits per heavy atom. The van der Waals surface area contributed by atoms with Gasteiger partial charge in [0, 0.05) is 11.1 Å². The van der Waals surface area contributed by atoms with Crippen molar-refractivity contribution in [1.82, 2.24) is 0 Å². The van der Waals surface area contributed by atoms with Gasteiger partial charge in [-0.25, -0.2) is 0 Å². The molecule has 0 atom stereocenters. The lowest BCUT2D eigenvalue weighted by atomic mass is 9.77. The van der Waals surface area contributed by atoms with Crippen LogP contribution in [-0.2, 0) is 0 Å². The van der Waals surface area contributed by atoms with Crippen LogP contribution in [0.4, 0.5) is 0 Å². The molecular formula is C70H94O2. The van der Waals surface area contributed by atoms with Gasteiger partial charge in [0.05, 0.1) is 13.2 Å². The van der Waals surface area contributed by atoms with Crippen molar-refractivity contribution in [2.75, 3.05) is 13.2 Å². The SMILES string of the molecule is CCCCCCCCOc1ccc2cc(-c3ccc(C4CCC(CCCCC)CC4)cc3)ccc2c1-c1c(OCCCCCCCC)ccc2cc(-c3ccc(C4CCC(CCCCC)CC4)cc3)ccc12. The van der Waals surface area contributed by atoms with Crippen LogP contribution in [0.15, 0.2) is 109 Å². The lowest BCUT2D eigenvalue weighted by Crippen LogP contribution is -2.13. The van der Waals surface area contributed by atoms with Crippen molar-refractivity contribution < 1.29 is 9.47 Å². The van der Waals surface area contributed by atoms with Crippen LogP contribution in [0.5, 0.6) is 11.5 Å². The minimum Gasteiger partial charge on any atom is -0.493 e. The average Bonchev–Trinajstić information content (AvgIpc) is 3.43. The van der Waals surface area contributed by atoms with Crippen molar-refractivity contribution in [2.24, 2.45) is 11.8 Å². The van der Waals surface area contributed by atoms with Gasteiger partial charge in [0.1, 0.15) is 11.5 Å². The lowest BCUT2D eigenvalue weighted by molar-refractivity contribution is 0.302. The smallest absolute Gasteiger partial charge is 0.127 e. The highest BCUT2D eigenvalue weighted by molar-refractivity contribution is 6.11. The van der Waals surface area contributed by atoms with Crippen molar-refractivity contribution in [3.8, 4) is 44.9 Å². The summed E-state index contributed by atoms with van der Waals surface area (Å²) >= 11 is 0. The number of hydrogen-bond donors (Lipinski definition) is 0. The summed E-state index contributed by atoms with van der Waals surface area (Å²) in [7, 11) is 0. The van der Waals surface area contributed by atoms with E-state index in [1.54, 1.807) is 0 Å². The molecule has 72 heavy (non-hydrogen) atoms. The molecule has 8 rings (SSSR count). The maximum atomic E-state index is 6.93. The van der Waals surface area contributed by atoms with Crippen LogP contribution >= 0.6 is 0 Å². The Bertz CT molecular complexity index is 2320. The number of rotatable bonds is 29. The molecule has 2 heteroatoms. The van der Waals surface area contributed by atoms with E-state index in [9.17, 15) is 0 Å². The third-order valence-electron chi connectivity index (χ3n) is 17.3. The van der Waals surface area contributed by atoms with E-state index in [0.29, 0.717) is 11.8 Å². The number of fused-ring (bicyclic) bond motifs is 2. The van der Waals surface area contributed by atoms with Crippen molar-refractivity contribution in [3.63, 3.8) is 0 Å². The molecule has 0 bridgehead atoms. The Morgan fingerprint density at radius 3 is 1.07 bits per heavy atom. The predicted molar refractivity (Wildman–Crippen MR) is 313 cm³/mol. The van der Waals surface area contributed by atoms with E-state index in [1.807, 2.05) is 0 Å². The fraction of sp³-hybridized carbons (Fsp3) is 0.543. The van der Waals surface area contributed by atoms with Crippen LogP contribution in [0.25, 0.3) is 54.9 Å². The van der Waals surface area contributed by atoms with Crippen molar-refractivity contribution in [2.45, 2.75) is 219 Å². The maximum absolute atomic E-state index is 6.93. The van der Waals surface area contributed by atoms with Crippen LogP contribution in [0, 0.1) is 11.8 Å². The summed E-state index contributed by atoms with van der Waals surface area (Å²) in [4.78, 5) is 0. The highest BCUT2D eigenvalue weighted by atomic mass is 16.5. The minimum atomic E-state index is 0.699. The first-order chi connectivity index (χ1) is 35.6. The van der Waals surface area contributed by atoms with Gasteiger partial charge in [-0.1, -0.05) is 228 Å². The molecule has 0 aromatic heterocycles. The lowest BCUT2D eigenvalue weighted by Gasteiger charge is -2.29. The second-order valence-corrected chi connectivity index (χ2v) is 22.7. The molecule has 0 amide bonds. The van der Waals surface area contributed by atoms with Gasteiger partial charge in [0.2, 0.25) is 0 Å². The van der Waals surface area contributed by atoms with E-state index in [-0.39, 0.29) is 0 Å². The molecule has 6 aromatic rings. The van der Waals surface area contributed by atoms with Crippen LogP contribution in [-0.4, -0.2) is 13.2 Å².